The van der Waals surface area contributed by atoms with Crippen molar-refractivity contribution >= 4 is 10.1 Å². The fourth-order valence-electron chi connectivity index (χ4n) is 5.45. The Bertz CT molecular complexity index is 875. The summed E-state index contributed by atoms with van der Waals surface area (Å²) >= 11 is 0. The molecule has 0 radical (unpaired) electrons. The minimum absolute atomic E-state index is 0. The zero-order valence-electron chi connectivity index (χ0n) is 20.7. The van der Waals surface area contributed by atoms with E-state index < -0.39 is 26.3 Å². The van der Waals surface area contributed by atoms with Gasteiger partial charge in [-0.1, -0.05) is 57.6 Å². The van der Waals surface area contributed by atoms with Crippen LogP contribution in [0.4, 0.5) is 0 Å². The molecule has 3 aliphatic rings. The second kappa shape index (κ2) is 11.9. The van der Waals surface area contributed by atoms with Crippen LogP contribution in [0.15, 0.2) is 24.3 Å². The van der Waals surface area contributed by atoms with Gasteiger partial charge in [-0.2, -0.15) is 0 Å². The van der Waals surface area contributed by atoms with E-state index >= 15 is 0 Å². The summed E-state index contributed by atoms with van der Waals surface area (Å²) in [5.41, 5.74) is -1.03. The molecule has 0 bridgehead atoms. The van der Waals surface area contributed by atoms with Crippen molar-refractivity contribution in [1.29, 1.82) is 0 Å². The molecule has 34 heavy (non-hydrogen) atoms. The van der Waals surface area contributed by atoms with Crippen molar-refractivity contribution in [2.24, 2.45) is 0 Å². The third-order valence-corrected chi connectivity index (χ3v) is 9.13. The van der Waals surface area contributed by atoms with Crippen LogP contribution in [0.25, 0.3) is 0 Å². The average Bonchev–Trinajstić information content (AvgIpc) is 2.68. The van der Waals surface area contributed by atoms with Crippen LogP contribution < -0.4 is 34.3 Å². The summed E-state index contributed by atoms with van der Waals surface area (Å²) in [5, 5.41) is 0. The summed E-state index contributed by atoms with van der Waals surface area (Å²) < 4.78 is 59.8. The number of unbranched alkanes of at least 4 members (excludes halogenated alkanes) is 6. The van der Waals surface area contributed by atoms with Gasteiger partial charge in [0.05, 0.1) is 19.8 Å². The summed E-state index contributed by atoms with van der Waals surface area (Å²) in [5.74, 6) is 0.691. The molecule has 186 valence electrons. The van der Waals surface area contributed by atoms with Crippen LogP contribution in [-0.4, -0.2) is 55.5 Å². The van der Waals surface area contributed by atoms with E-state index in [1.807, 2.05) is 12.1 Å². The van der Waals surface area contributed by atoms with Crippen LogP contribution in [-0.2, 0) is 30.7 Å². The van der Waals surface area contributed by atoms with Gasteiger partial charge in [0.2, 0.25) is 0 Å². The smallest absolute Gasteiger partial charge is 0.746 e. The third-order valence-electron chi connectivity index (χ3n) is 7.67. The second-order valence-electron chi connectivity index (χ2n) is 9.63. The molecule has 3 atom stereocenters. The van der Waals surface area contributed by atoms with E-state index in [9.17, 15) is 13.0 Å². The molecule has 0 aromatic heterocycles. The van der Waals surface area contributed by atoms with Gasteiger partial charge in [-0.05, 0) is 30.5 Å². The Labute approximate surface area is 226 Å². The summed E-state index contributed by atoms with van der Waals surface area (Å²) in [6.07, 6.45) is 11.2. The molecule has 7 nitrogen and oxygen atoms in total. The molecule has 3 fully saturated rings. The van der Waals surface area contributed by atoms with E-state index in [0.717, 1.165) is 6.42 Å². The number of rotatable bonds is 14. The van der Waals surface area contributed by atoms with E-state index in [-0.39, 0.29) is 49.2 Å². The van der Waals surface area contributed by atoms with Crippen molar-refractivity contribution in [2.75, 3.05) is 26.4 Å². The van der Waals surface area contributed by atoms with Crippen molar-refractivity contribution in [3.8, 4) is 5.75 Å². The maximum Gasteiger partial charge on any atom is 1.00 e. The molecule has 3 unspecified atom stereocenters. The molecular weight excluding hydrogens is 467 g/mol. The van der Waals surface area contributed by atoms with Gasteiger partial charge in [0.1, 0.15) is 33.7 Å². The van der Waals surface area contributed by atoms with E-state index in [1.165, 1.54) is 50.5 Å². The zero-order chi connectivity index (χ0) is 23.4. The molecule has 3 aliphatic heterocycles. The Kier molecular flexibility index (Phi) is 9.94. The summed E-state index contributed by atoms with van der Waals surface area (Å²) in [4.78, 5) is -1.89. The van der Waals surface area contributed by atoms with Crippen molar-refractivity contribution in [1.82, 2.24) is 0 Å². The van der Waals surface area contributed by atoms with Crippen LogP contribution in [0, 0.1) is 0 Å². The van der Waals surface area contributed by atoms with Crippen molar-refractivity contribution < 1.29 is 61.5 Å². The van der Waals surface area contributed by atoms with E-state index in [0.29, 0.717) is 31.8 Å². The van der Waals surface area contributed by atoms with Crippen LogP contribution >= 0.6 is 0 Å². The first-order valence-electron chi connectivity index (χ1n) is 12.5. The van der Waals surface area contributed by atoms with Gasteiger partial charge >= 0.3 is 29.6 Å². The predicted molar refractivity (Wildman–Crippen MR) is 123 cm³/mol. The quantitative estimate of drug-likeness (QED) is 0.214. The van der Waals surface area contributed by atoms with Gasteiger partial charge in [0.15, 0.2) is 4.93 Å². The Morgan fingerprint density at radius 2 is 1.44 bits per heavy atom. The number of hydrogen-bond donors (Lipinski definition) is 0. The maximum atomic E-state index is 12.2. The third kappa shape index (κ3) is 5.25. The molecule has 0 spiro atoms. The molecule has 3 saturated heterocycles. The number of hydrogen-bond acceptors (Lipinski definition) is 7. The largest absolute Gasteiger partial charge is 1.00 e. The summed E-state index contributed by atoms with van der Waals surface area (Å²) in [6.45, 7) is 3.43. The first-order valence-corrected chi connectivity index (χ1v) is 13.9. The first kappa shape index (κ1) is 28.4. The average molecular weight is 505 g/mol. The van der Waals surface area contributed by atoms with Crippen LogP contribution in [0.2, 0.25) is 0 Å². The fourth-order valence-corrected chi connectivity index (χ4v) is 6.77. The van der Waals surface area contributed by atoms with E-state index in [2.05, 4.69) is 19.1 Å². The van der Waals surface area contributed by atoms with Crippen LogP contribution in [0.5, 0.6) is 5.75 Å². The normalized spacial score (nSPS) is 30.4. The van der Waals surface area contributed by atoms with E-state index in [1.54, 1.807) is 0 Å². The standard InChI is InChI=1S/C25H38O7S.Na/c1-2-3-4-5-6-7-8-9-21-10-12-22(13-11-21)29-20-23(14-17-30-23)24(15-18-31-24)25(16-19-32-25)33(26,27)28;/h10-13H,2-9,14-20H2,1H3,(H,26,27,28);/q;+1/p-1. The van der Waals surface area contributed by atoms with Crippen LogP contribution in [0.3, 0.4) is 0 Å². The van der Waals surface area contributed by atoms with Gasteiger partial charge < -0.3 is 23.5 Å². The minimum atomic E-state index is -4.74. The summed E-state index contributed by atoms with van der Waals surface area (Å²) in [6, 6.07) is 8.04. The maximum absolute atomic E-state index is 12.2. The Morgan fingerprint density at radius 1 is 0.882 bits per heavy atom. The molecule has 0 amide bonds. The topological polar surface area (TPSA) is 94.1 Å². The monoisotopic (exact) mass is 504 g/mol. The Morgan fingerprint density at radius 3 is 1.88 bits per heavy atom. The van der Waals surface area contributed by atoms with Crippen molar-refractivity contribution in [3.05, 3.63) is 29.8 Å². The predicted octanol–water partition coefficient (Wildman–Crippen LogP) is 1.34. The number of benzene rings is 1. The minimum Gasteiger partial charge on any atom is -0.746 e. The second-order valence-corrected chi connectivity index (χ2v) is 11.2. The molecule has 3 heterocycles. The fraction of sp³-hybridized carbons (Fsp3) is 0.760. The molecule has 1 aromatic rings. The molecule has 9 heteroatoms. The Hall–Kier alpha value is -0.190. The molecule has 0 saturated carbocycles. The zero-order valence-corrected chi connectivity index (χ0v) is 23.5. The van der Waals surface area contributed by atoms with Crippen molar-refractivity contribution in [2.45, 2.75) is 93.7 Å². The van der Waals surface area contributed by atoms with Gasteiger partial charge in [-0.3, -0.25) is 0 Å². The van der Waals surface area contributed by atoms with Gasteiger partial charge in [-0.25, -0.2) is 8.42 Å². The van der Waals surface area contributed by atoms with Gasteiger partial charge in [-0.15, -0.1) is 0 Å². The van der Waals surface area contributed by atoms with Gasteiger partial charge in [0, 0.05) is 19.3 Å². The first-order chi connectivity index (χ1) is 15.9. The number of aryl methyl sites for hydroxylation is 1. The summed E-state index contributed by atoms with van der Waals surface area (Å²) in [7, 11) is -4.74. The molecule has 0 N–H and O–H groups in total. The molecule has 1 aromatic carbocycles. The van der Waals surface area contributed by atoms with E-state index in [4.69, 9.17) is 18.9 Å². The van der Waals surface area contributed by atoms with Gasteiger partial charge in [0.25, 0.3) is 0 Å². The van der Waals surface area contributed by atoms with Crippen LogP contribution in [0.1, 0.15) is 76.7 Å². The SMILES string of the molecule is CCCCCCCCCc1ccc(OCC2(C3(C4(S(=O)(=O)[O-])CCO4)CCO3)CCO2)cc1.[Na+]. The molecular formula is C25H37NaO7S. The molecule has 4 rings (SSSR count). The Balaban J connectivity index is 0.00000324. The molecule has 0 aliphatic carbocycles. The number of ether oxygens (including phenoxy) is 4. The van der Waals surface area contributed by atoms with Crippen molar-refractivity contribution in [3.63, 3.8) is 0 Å².